The molecule has 122 valence electrons. The molecule has 2 aliphatic heterocycles. The lowest BCUT2D eigenvalue weighted by atomic mass is 9.80. The molecule has 0 spiro atoms. The molecule has 1 aromatic carbocycles. The van der Waals surface area contributed by atoms with E-state index in [1.165, 1.54) is 0 Å². The lowest BCUT2D eigenvalue weighted by molar-refractivity contribution is -0.137. The van der Waals surface area contributed by atoms with Crippen LogP contribution in [-0.4, -0.2) is 19.8 Å². The van der Waals surface area contributed by atoms with Crippen LogP contribution >= 0.6 is 0 Å². The van der Waals surface area contributed by atoms with Crippen LogP contribution in [0.2, 0.25) is 0 Å². The number of hydrogen-bond donors (Lipinski definition) is 1. The van der Waals surface area contributed by atoms with Gasteiger partial charge in [0.05, 0.1) is 11.2 Å². The lowest BCUT2D eigenvalue weighted by Crippen LogP contribution is -2.47. The van der Waals surface area contributed by atoms with Crippen molar-refractivity contribution in [3.8, 4) is 0 Å². The highest BCUT2D eigenvalue weighted by Gasteiger charge is 2.48. The molecule has 2 heterocycles. The van der Waals surface area contributed by atoms with Gasteiger partial charge in [0.2, 0.25) is 0 Å². The molecule has 0 aromatic heterocycles. The maximum Gasteiger partial charge on any atom is 0.416 e. The summed E-state index contributed by atoms with van der Waals surface area (Å²) in [7, 11) is -1.09. The van der Waals surface area contributed by atoms with Gasteiger partial charge < -0.3 is 5.11 Å². The second-order valence-corrected chi connectivity index (χ2v) is 8.13. The predicted molar refractivity (Wildman–Crippen MR) is 74.1 cm³/mol. The molecule has 2 unspecified atom stereocenters. The van der Waals surface area contributed by atoms with Gasteiger partial charge in [-0.2, -0.15) is 13.2 Å². The van der Waals surface area contributed by atoms with Crippen LogP contribution in [0.5, 0.6) is 0 Å². The highest BCUT2D eigenvalue weighted by atomic mass is 32.2. The summed E-state index contributed by atoms with van der Waals surface area (Å²) in [4.78, 5) is 0. The van der Waals surface area contributed by atoms with Gasteiger partial charge in [0.1, 0.15) is 5.82 Å². The monoisotopic (exact) mass is 336 g/mol. The zero-order valence-electron chi connectivity index (χ0n) is 11.7. The summed E-state index contributed by atoms with van der Waals surface area (Å²) in [5.41, 5.74) is -2.97. The van der Waals surface area contributed by atoms with E-state index >= 15 is 0 Å². The maximum absolute atomic E-state index is 14.1. The van der Waals surface area contributed by atoms with Gasteiger partial charge in [0, 0.05) is 26.9 Å². The molecule has 0 aliphatic carbocycles. The number of rotatable bonds is 1. The van der Waals surface area contributed by atoms with Gasteiger partial charge in [0.25, 0.3) is 0 Å². The normalized spacial score (nSPS) is 35.4. The number of fused-ring (bicyclic) bond motifs is 2. The van der Waals surface area contributed by atoms with Crippen molar-refractivity contribution in [2.24, 2.45) is 0 Å². The Bertz CT molecular complexity index is 598. The van der Waals surface area contributed by atoms with Gasteiger partial charge >= 0.3 is 6.18 Å². The Labute approximate surface area is 128 Å². The second kappa shape index (κ2) is 5.30. The van der Waals surface area contributed by atoms with E-state index in [1.807, 2.05) is 0 Å². The number of aliphatic hydroxyl groups is 1. The molecule has 2 aliphatic rings. The van der Waals surface area contributed by atoms with Crippen molar-refractivity contribution in [2.45, 2.75) is 54.4 Å². The third-order valence-electron chi connectivity index (χ3n) is 4.64. The molecule has 2 atom stereocenters. The van der Waals surface area contributed by atoms with E-state index in [4.69, 9.17) is 0 Å². The summed E-state index contributed by atoms with van der Waals surface area (Å²) in [6.45, 7) is 0. The summed E-state index contributed by atoms with van der Waals surface area (Å²) < 4.78 is 64.7. The van der Waals surface area contributed by atoms with E-state index < -0.39 is 34.0 Å². The SMILES string of the molecule is O=S1C2CCCC1CC(O)(c1cc(C(F)(F)F)ccc1F)C2. The van der Waals surface area contributed by atoms with Crippen LogP contribution in [0.3, 0.4) is 0 Å². The fraction of sp³-hybridized carbons (Fsp3) is 0.600. The van der Waals surface area contributed by atoms with Gasteiger partial charge in [-0.05, 0) is 43.9 Å². The average molecular weight is 336 g/mol. The van der Waals surface area contributed by atoms with Crippen LogP contribution in [0.15, 0.2) is 18.2 Å². The molecule has 2 saturated heterocycles. The van der Waals surface area contributed by atoms with Gasteiger partial charge in [0.15, 0.2) is 0 Å². The Morgan fingerprint density at radius 1 is 1.18 bits per heavy atom. The van der Waals surface area contributed by atoms with Crippen molar-refractivity contribution in [1.29, 1.82) is 0 Å². The number of halogens is 4. The summed E-state index contributed by atoms with van der Waals surface area (Å²) >= 11 is 0. The first kappa shape index (κ1) is 15.9. The fourth-order valence-corrected chi connectivity index (χ4v) is 5.78. The van der Waals surface area contributed by atoms with Gasteiger partial charge in [-0.15, -0.1) is 0 Å². The third kappa shape index (κ3) is 2.69. The Morgan fingerprint density at radius 3 is 2.32 bits per heavy atom. The van der Waals surface area contributed by atoms with Crippen molar-refractivity contribution < 1.29 is 26.9 Å². The van der Waals surface area contributed by atoms with Gasteiger partial charge in [-0.3, -0.25) is 4.21 Å². The zero-order valence-corrected chi connectivity index (χ0v) is 12.5. The lowest BCUT2D eigenvalue weighted by Gasteiger charge is -2.44. The minimum absolute atomic E-state index is 0.0499. The zero-order chi connectivity index (χ0) is 16.1. The number of benzene rings is 1. The van der Waals surface area contributed by atoms with E-state index in [0.29, 0.717) is 25.0 Å². The topological polar surface area (TPSA) is 37.3 Å². The Hall–Kier alpha value is -0.950. The smallest absolute Gasteiger partial charge is 0.385 e. The number of hydrogen-bond acceptors (Lipinski definition) is 2. The molecule has 0 amide bonds. The molecule has 2 fully saturated rings. The third-order valence-corrected chi connectivity index (χ3v) is 6.75. The van der Waals surface area contributed by atoms with Crippen LogP contribution in [0.1, 0.15) is 43.2 Å². The van der Waals surface area contributed by atoms with Crippen LogP contribution in [-0.2, 0) is 22.6 Å². The molecule has 2 nitrogen and oxygen atoms in total. The first-order valence-corrected chi connectivity index (χ1v) is 8.47. The standard InChI is InChI=1S/C15H16F4O2S/c16-13-5-4-9(15(17,18)19)6-12(13)14(20)7-10-2-1-3-11(8-14)22(10)21/h4-6,10-11,20H,1-3,7-8H2. The van der Waals surface area contributed by atoms with Crippen LogP contribution < -0.4 is 0 Å². The highest BCUT2D eigenvalue weighted by molar-refractivity contribution is 7.86. The van der Waals surface area contributed by atoms with E-state index in [1.54, 1.807) is 0 Å². The van der Waals surface area contributed by atoms with E-state index in [0.717, 1.165) is 12.5 Å². The minimum Gasteiger partial charge on any atom is -0.385 e. The summed E-state index contributed by atoms with van der Waals surface area (Å²) in [6.07, 6.45) is -2.28. The molecule has 0 radical (unpaired) electrons. The first-order chi connectivity index (χ1) is 10.2. The molecule has 3 rings (SSSR count). The maximum atomic E-state index is 14.1. The molecule has 22 heavy (non-hydrogen) atoms. The van der Waals surface area contributed by atoms with Crippen molar-refractivity contribution in [3.63, 3.8) is 0 Å². The molecule has 0 saturated carbocycles. The Kier molecular flexibility index (Phi) is 3.84. The van der Waals surface area contributed by atoms with E-state index in [9.17, 15) is 26.9 Å². The summed E-state index contributed by atoms with van der Waals surface area (Å²) in [6, 6.07) is 2.11. The van der Waals surface area contributed by atoms with Crippen molar-refractivity contribution in [3.05, 3.63) is 35.1 Å². The molecule has 7 heteroatoms. The first-order valence-electron chi connectivity index (χ1n) is 7.20. The minimum atomic E-state index is -4.59. The molecular formula is C15H16F4O2S. The second-order valence-electron chi connectivity index (χ2n) is 6.14. The van der Waals surface area contributed by atoms with Crippen LogP contribution in [0.25, 0.3) is 0 Å². The van der Waals surface area contributed by atoms with Crippen molar-refractivity contribution >= 4 is 10.8 Å². The quantitative estimate of drug-likeness (QED) is 0.797. The molecular weight excluding hydrogens is 320 g/mol. The molecule has 1 aromatic rings. The summed E-state index contributed by atoms with van der Waals surface area (Å²) in [5.74, 6) is -0.846. The van der Waals surface area contributed by atoms with Crippen LogP contribution in [0, 0.1) is 5.82 Å². The molecule has 2 bridgehead atoms. The largest absolute Gasteiger partial charge is 0.416 e. The van der Waals surface area contributed by atoms with Gasteiger partial charge in [-0.1, -0.05) is 6.42 Å². The predicted octanol–water partition coefficient (Wildman–Crippen LogP) is 3.50. The fourth-order valence-electron chi connectivity index (χ4n) is 3.56. The van der Waals surface area contributed by atoms with E-state index in [2.05, 4.69) is 0 Å². The van der Waals surface area contributed by atoms with Gasteiger partial charge in [-0.25, -0.2) is 4.39 Å². The highest BCUT2D eigenvalue weighted by Crippen LogP contribution is 2.46. The molecule has 1 N–H and O–H groups in total. The van der Waals surface area contributed by atoms with Crippen molar-refractivity contribution in [2.75, 3.05) is 0 Å². The van der Waals surface area contributed by atoms with E-state index in [-0.39, 0.29) is 28.9 Å². The summed E-state index contributed by atoms with van der Waals surface area (Å²) in [5, 5.41) is 10.3. The van der Waals surface area contributed by atoms with Crippen molar-refractivity contribution in [1.82, 2.24) is 0 Å². The Morgan fingerprint density at radius 2 is 1.77 bits per heavy atom. The Balaban J connectivity index is 2.01. The number of alkyl halides is 3. The average Bonchev–Trinajstić information content (AvgIpc) is 2.40. The van der Waals surface area contributed by atoms with Crippen LogP contribution in [0.4, 0.5) is 17.6 Å².